The summed E-state index contributed by atoms with van der Waals surface area (Å²) >= 11 is 0. The third-order valence-corrected chi connectivity index (χ3v) is 8.15. The van der Waals surface area contributed by atoms with Crippen LogP contribution in [0.25, 0.3) is 10.9 Å². The van der Waals surface area contributed by atoms with Gasteiger partial charge < -0.3 is 21.0 Å². The molecule has 2 aromatic carbocycles. The molecule has 11 heteroatoms. The molecule has 1 saturated heterocycles. The van der Waals surface area contributed by atoms with Crippen LogP contribution in [-0.2, 0) is 14.8 Å². The Hall–Kier alpha value is -3.25. The van der Waals surface area contributed by atoms with Crippen LogP contribution in [0.5, 0.6) is 0 Å². The number of Topliss-reactive ketones (excluding diaryl/α,β-unsaturated/α-hetero) is 1. The van der Waals surface area contributed by atoms with Gasteiger partial charge in [-0.15, -0.1) is 0 Å². The number of fused-ring (bicyclic) bond motifs is 1. The van der Waals surface area contributed by atoms with E-state index >= 15 is 0 Å². The number of piperidine rings is 1. The Morgan fingerprint density at radius 3 is 2.44 bits per heavy atom. The predicted octanol–water partition coefficient (Wildman–Crippen LogP) is 1.40. The quantitative estimate of drug-likeness (QED) is 0.234. The van der Waals surface area contributed by atoms with Crippen molar-refractivity contribution in [1.82, 2.24) is 14.8 Å². The average Bonchev–Trinajstić information content (AvgIpc) is 3.26. The molecule has 2 atom stereocenters. The number of carboxylic acid groups (broad SMARTS) is 1. The molecular weight excluding hydrogens is 484 g/mol. The Kier molecular flexibility index (Phi) is 7.46. The number of hydrogen-bond donors (Lipinski definition) is 4. The molecule has 192 valence electrons. The molecular formula is C25H30N4O6S. The second-order valence-electron chi connectivity index (χ2n) is 8.94. The summed E-state index contributed by atoms with van der Waals surface area (Å²) in [4.78, 5) is 32.4. The smallest absolute Gasteiger partial charge is 0.334 e. The van der Waals surface area contributed by atoms with Crippen LogP contribution in [0.15, 0.2) is 65.6 Å². The third-order valence-electron chi connectivity index (χ3n) is 6.64. The number of aliphatic carboxylic acids is 1. The minimum absolute atomic E-state index is 0.111. The van der Waals surface area contributed by atoms with Crippen LogP contribution < -0.4 is 20.6 Å². The molecule has 2 unspecified atom stereocenters. The number of nitrogens with two attached hydrogens (primary N) is 1. The number of aromatic nitrogens is 1. The van der Waals surface area contributed by atoms with Crippen molar-refractivity contribution in [3.63, 3.8) is 0 Å². The van der Waals surface area contributed by atoms with E-state index in [-0.39, 0.29) is 22.6 Å². The van der Waals surface area contributed by atoms with Gasteiger partial charge in [0, 0.05) is 17.8 Å². The van der Waals surface area contributed by atoms with E-state index in [4.69, 9.17) is 10.6 Å². The summed E-state index contributed by atoms with van der Waals surface area (Å²) in [6.07, 6.45) is 1.50. The van der Waals surface area contributed by atoms with Crippen LogP contribution in [0, 0.1) is 5.92 Å². The Balaban J connectivity index is 1.78. The number of sulfonamides is 1. The van der Waals surface area contributed by atoms with Gasteiger partial charge in [0.2, 0.25) is 21.3 Å². The van der Waals surface area contributed by atoms with E-state index in [0.717, 1.165) is 25.9 Å². The molecule has 1 fully saturated rings. The van der Waals surface area contributed by atoms with Crippen molar-refractivity contribution in [2.24, 2.45) is 11.7 Å². The number of para-hydroxylation sites is 1. The Morgan fingerprint density at radius 1 is 1.17 bits per heavy atom. The van der Waals surface area contributed by atoms with Crippen LogP contribution in [0.1, 0.15) is 30.3 Å². The van der Waals surface area contributed by atoms with Crippen LogP contribution in [-0.4, -0.2) is 61.3 Å². The highest BCUT2D eigenvalue weighted by atomic mass is 32.2. The topological polar surface area (TPSA) is 153 Å². The predicted molar refractivity (Wildman–Crippen MR) is 134 cm³/mol. The fourth-order valence-electron chi connectivity index (χ4n) is 4.48. The lowest BCUT2D eigenvalue weighted by atomic mass is 9.93. The number of benzene rings is 2. The molecule has 0 aliphatic carbocycles. The molecule has 1 aliphatic rings. The number of carbonyl (C=O) groups excluding carboxylic acids is 1. The average molecular weight is 515 g/mol. The highest BCUT2D eigenvalue weighted by molar-refractivity contribution is 7.89. The first kappa shape index (κ1) is 25.8. The van der Waals surface area contributed by atoms with Crippen molar-refractivity contribution in [1.29, 1.82) is 0 Å². The molecule has 3 aromatic rings. The lowest BCUT2D eigenvalue weighted by Gasteiger charge is -2.31. The monoisotopic (exact) mass is 514 g/mol. The largest absolute Gasteiger partial charge is 0.479 e. The molecule has 36 heavy (non-hydrogen) atoms. The highest BCUT2D eigenvalue weighted by Crippen LogP contribution is 2.26. The molecule has 2 heterocycles. The normalized spacial score (nSPS) is 17.4. The first-order chi connectivity index (χ1) is 17.2. The summed E-state index contributed by atoms with van der Waals surface area (Å²) in [5, 5.41) is 14.1. The number of nitrogens with one attached hydrogen (secondary N) is 2. The zero-order chi connectivity index (χ0) is 25.9. The Labute approximate surface area is 209 Å². The standard InChI is InChI=1S/C25H30N4O6S/c1-17(18-11-13-27-14-12-18)35-29-21-10-6-5-7-19(21)15-22(29)23(30)25(16-26,24(31)32)28-36(33,34)20-8-3-2-4-9-20/h2-10,15,17-18,27-28H,11-14,16,26H2,1H3,(H,31,32). The van der Waals surface area contributed by atoms with Gasteiger partial charge in [-0.25, -0.2) is 13.2 Å². The second kappa shape index (κ2) is 10.4. The van der Waals surface area contributed by atoms with E-state index < -0.39 is 33.9 Å². The third kappa shape index (κ3) is 4.87. The number of ketones is 1. The molecule has 4 rings (SSSR count). The van der Waals surface area contributed by atoms with Gasteiger partial charge in [0.1, 0.15) is 11.8 Å². The number of carboxylic acids is 1. The van der Waals surface area contributed by atoms with Crippen molar-refractivity contribution in [2.75, 3.05) is 19.6 Å². The van der Waals surface area contributed by atoms with Crippen LogP contribution in [0.3, 0.4) is 0 Å². The molecule has 0 radical (unpaired) electrons. The van der Waals surface area contributed by atoms with Gasteiger partial charge in [-0.3, -0.25) is 4.79 Å². The Bertz CT molecular complexity index is 1350. The van der Waals surface area contributed by atoms with Crippen molar-refractivity contribution in [3.05, 3.63) is 66.4 Å². The maximum absolute atomic E-state index is 13.9. The molecule has 10 nitrogen and oxygen atoms in total. The summed E-state index contributed by atoms with van der Waals surface area (Å²) < 4.78 is 29.5. The van der Waals surface area contributed by atoms with E-state index in [0.29, 0.717) is 10.9 Å². The van der Waals surface area contributed by atoms with Gasteiger partial charge in [-0.1, -0.05) is 36.4 Å². The lowest BCUT2D eigenvalue weighted by molar-refractivity contribution is -0.141. The van der Waals surface area contributed by atoms with E-state index in [1.807, 2.05) is 6.92 Å². The van der Waals surface area contributed by atoms with E-state index in [2.05, 4.69) is 10.0 Å². The molecule has 1 aliphatic heterocycles. The van der Waals surface area contributed by atoms with Crippen molar-refractivity contribution in [2.45, 2.75) is 36.3 Å². The maximum Gasteiger partial charge on any atom is 0.334 e. The van der Waals surface area contributed by atoms with Crippen molar-refractivity contribution >= 4 is 32.7 Å². The summed E-state index contributed by atoms with van der Waals surface area (Å²) in [5.41, 5.74) is 3.61. The Morgan fingerprint density at radius 2 is 1.81 bits per heavy atom. The van der Waals surface area contributed by atoms with Crippen LogP contribution >= 0.6 is 0 Å². The fourth-order valence-corrected chi connectivity index (χ4v) is 5.84. The van der Waals surface area contributed by atoms with E-state index in [9.17, 15) is 23.1 Å². The zero-order valence-electron chi connectivity index (χ0n) is 19.9. The summed E-state index contributed by atoms with van der Waals surface area (Å²) in [6, 6.07) is 15.8. The molecule has 0 saturated carbocycles. The van der Waals surface area contributed by atoms with E-state index in [1.165, 1.54) is 35.1 Å². The molecule has 1 aromatic heterocycles. The van der Waals surface area contributed by atoms with E-state index in [1.54, 1.807) is 30.3 Å². The first-order valence-electron chi connectivity index (χ1n) is 11.8. The lowest BCUT2D eigenvalue weighted by Crippen LogP contribution is -2.64. The summed E-state index contributed by atoms with van der Waals surface area (Å²) in [5.74, 6) is -2.51. The van der Waals surface area contributed by atoms with Crippen molar-refractivity contribution in [3.8, 4) is 0 Å². The number of hydrogen-bond acceptors (Lipinski definition) is 7. The fraction of sp³-hybridized carbons (Fsp3) is 0.360. The minimum atomic E-state index is -4.40. The minimum Gasteiger partial charge on any atom is -0.479 e. The SMILES string of the molecule is CC(On1c(C(=O)C(CN)(NS(=O)(=O)c2ccccc2)C(=O)O)cc2ccccc21)C1CCNCC1. The van der Waals surface area contributed by atoms with Gasteiger partial charge in [-0.05, 0) is 57.1 Å². The highest BCUT2D eigenvalue weighted by Gasteiger charge is 2.50. The van der Waals surface area contributed by atoms with Gasteiger partial charge in [0.05, 0.1) is 10.4 Å². The zero-order valence-corrected chi connectivity index (χ0v) is 20.7. The van der Waals surface area contributed by atoms with Gasteiger partial charge in [0.15, 0.2) is 0 Å². The summed E-state index contributed by atoms with van der Waals surface area (Å²) in [7, 11) is -4.40. The molecule has 0 bridgehead atoms. The van der Waals surface area contributed by atoms with Gasteiger partial charge in [0.25, 0.3) is 0 Å². The molecule has 0 spiro atoms. The van der Waals surface area contributed by atoms with Crippen molar-refractivity contribution < 1.29 is 28.0 Å². The first-order valence-corrected chi connectivity index (χ1v) is 13.2. The van der Waals surface area contributed by atoms with Crippen LogP contribution in [0.4, 0.5) is 0 Å². The second-order valence-corrected chi connectivity index (χ2v) is 10.6. The molecule has 0 amide bonds. The van der Waals surface area contributed by atoms with Gasteiger partial charge in [-0.2, -0.15) is 9.45 Å². The number of nitrogens with zero attached hydrogens (tertiary/aromatic N) is 1. The van der Waals surface area contributed by atoms with Gasteiger partial charge >= 0.3 is 5.97 Å². The maximum atomic E-state index is 13.9. The van der Waals surface area contributed by atoms with Crippen LogP contribution in [0.2, 0.25) is 0 Å². The number of rotatable bonds is 10. The molecule has 5 N–H and O–H groups in total. The number of carbonyl (C=O) groups is 2. The summed E-state index contributed by atoms with van der Waals surface area (Å²) in [6.45, 7) is 2.81.